The first-order valence-electron chi connectivity index (χ1n) is 6.00. The van der Waals surface area contributed by atoms with Gasteiger partial charge in [-0.15, -0.1) is 5.10 Å². The third kappa shape index (κ3) is 3.89. The van der Waals surface area contributed by atoms with Gasteiger partial charge in [0.25, 0.3) is 0 Å². The minimum absolute atomic E-state index is 0.360. The summed E-state index contributed by atoms with van der Waals surface area (Å²) in [5.41, 5.74) is 0. The van der Waals surface area contributed by atoms with Crippen molar-refractivity contribution in [3.05, 3.63) is 5.82 Å². The van der Waals surface area contributed by atoms with E-state index in [1.54, 1.807) is 0 Å². The van der Waals surface area contributed by atoms with E-state index in [0.717, 1.165) is 18.8 Å². The molecule has 92 valence electrons. The quantitative estimate of drug-likeness (QED) is 0.801. The number of aromatic nitrogens is 4. The molecule has 5 nitrogen and oxygen atoms in total. The first kappa shape index (κ1) is 13.1. The number of hydrogen-bond acceptors (Lipinski definition) is 4. The molecule has 1 atom stereocenters. The number of tetrazole rings is 1. The molecule has 0 aliphatic rings. The standard InChI is InChI=1S/C11H23N5/c1-8(2)6-10(5)16-11(13-14-15-16)7-12-9(3)4/h8-10,12H,6-7H2,1-5H3. The number of rotatable bonds is 6. The Bertz CT molecular complexity index is 305. The van der Waals surface area contributed by atoms with Crippen LogP contribution in [0.1, 0.15) is 52.9 Å². The van der Waals surface area contributed by atoms with Crippen molar-refractivity contribution >= 4 is 0 Å². The van der Waals surface area contributed by atoms with E-state index in [9.17, 15) is 0 Å². The number of nitrogens with one attached hydrogen (secondary N) is 1. The molecule has 1 aromatic heterocycles. The van der Waals surface area contributed by atoms with Gasteiger partial charge in [0, 0.05) is 6.04 Å². The molecule has 0 amide bonds. The molecule has 1 N–H and O–H groups in total. The molecule has 16 heavy (non-hydrogen) atoms. The fraction of sp³-hybridized carbons (Fsp3) is 0.909. The number of hydrogen-bond donors (Lipinski definition) is 1. The molecule has 1 rings (SSSR count). The fourth-order valence-corrected chi connectivity index (χ4v) is 1.75. The van der Waals surface area contributed by atoms with Crippen molar-refractivity contribution in [2.75, 3.05) is 0 Å². The van der Waals surface area contributed by atoms with Crippen molar-refractivity contribution in [3.8, 4) is 0 Å². The van der Waals surface area contributed by atoms with E-state index in [4.69, 9.17) is 0 Å². The lowest BCUT2D eigenvalue weighted by Gasteiger charge is -2.16. The van der Waals surface area contributed by atoms with Crippen LogP contribution in [0.3, 0.4) is 0 Å². The highest BCUT2D eigenvalue weighted by molar-refractivity contribution is 4.83. The summed E-state index contributed by atoms with van der Waals surface area (Å²) in [4.78, 5) is 0. The van der Waals surface area contributed by atoms with E-state index in [0.29, 0.717) is 18.0 Å². The monoisotopic (exact) mass is 225 g/mol. The summed E-state index contributed by atoms with van der Waals surface area (Å²) in [7, 11) is 0. The smallest absolute Gasteiger partial charge is 0.165 e. The van der Waals surface area contributed by atoms with Gasteiger partial charge in [-0.3, -0.25) is 0 Å². The SMILES string of the molecule is CC(C)CC(C)n1nnnc1CNC(C)C. The molecule has 1 heterocycles. The molecule has 0 aliphatic carbocycles. The van der Waals surface area contributed by atoms with Gasteiger partial charge in [-0.05, 0) is 29.7 Å². The molecule has 0 aromatic carbocycles. The lowest BCUT2D eigenvalue weighted by atomic mass is 10.1. The molecule has 5 heteroatoms. The molecule has 0 saturated heterocycles. The van der Waals surface area contributed by atoms with E-state index < -0.39 is 0 Å². The molecule has 1 unspecified atom stereocenters. The average molecular weight is 225 g/mol. The summed E-state index contributed by atoms with van der Waals surface area (Å²) >= 11 is 0. The Kier molecular flexibility index (Phi) is 4.86. The van der Waals surface area contributed by atoms with Crippen LogP contribution in [0.2, 0.25) is 0 Å². The zero-order valence-electron chi connectivity index (χ0n) is 10.9. The first-order valence-corrected chi connectivity index (χ1v) is 6.00. The van der Waals surface area contributed by atoms with Crippen molar-refractivity contribution in [2.24, 2.45) is 5.92 Å². The molecular formula is C11H23N5. The van der Waals surface area contributed by atoms with Crippen LogP contribution in [0.25, 0.3) is 0 Å². The number of nitrogens with zero attached hydrogens (tertiary/aromatic N) is 4. The normalized spacial score (nSPS) is 13.7. The summed E-state index contributed by atoms with van der Waals surface area (Å²) in [6.07, 6.45) is 1.10. The Morgan fingerprint density at radius 1 is 1.19 bits per heavy atom. The van der Waals surface area contributed by atoms with Crippen LogP contribution in [-0.4, -0.2) is 26.2 Å². The molecular weight excluding hydrogens is 202 g/mol. The van der Waals surface area contributed by atoms with Gasteiger partial charge in [-0.25, -0.2) is 4.68 Å². The molecule has 0 saturated carbocycles. The zero-order valence-corrected chi connectivity index (χ0v) is 10.9. The van der Waals surface area contributed by atoms with Crippen molar-refractivity contribution in [3.63, 3.8) is 0 Å². The maximum absolute atomic E-state index is 4.06. The molecule has 0 fully saturated rings. The van der Waals surface area contributed by atoms with Crippen LogP contribution < -0.4 is 5.32 Å². The van der Waals surface area contributed by atoms with Crippen LogP contribution in [0.4, 0.5) is 0 Å². The van der Waals surface area contributed by atoms with Gasteiger partial charge < -0.3 is 5.32 Å². The Hall–Kier alpha value is -0.970. The highest BCUT2D eigenvalue weighted by Crippen LogP contribution is 2.16. The third-order valence-corrected chi connectivity index (χ3v) is 2.46. The molecule has 1 aromatic rings. The van der Waals surface area contributed by atoms with Gasteiger partial charge in [-0.2, -0.15) is 0 Å². The van der Waals surface area contributed by atoms with Crippen LogP contribution >= 0.6 is 0 Å². The second kappa shape index (κ2) is 5.94. The Labute approximate surface area is 97.6 Å². The van der Waals surface area contributed by atoms with Crippen molar-refractivity contribution in [2.45, 2.75) is 59.7 Å². The van der Waals surface area contributed by atoms with Gasteiger partial charge in [0.15, 0.2) is 5.82 Å². The maximum Gasteiger partial charge on any atom is 0.165 e. The van der Waals surface area contributed by atoms with E-state index in [2.05, 4.69) is 55.5 Å². The Morgan fingerprint density at radius 2 is 1.88 bits per heavy atom. The minimum Gasteiger partial charge on any atom is -0.308 e. The predicted octanol–water partition coefficient (Wildman–Crippen LogP) is 1.78. The van der Waals surface area contributed by atoms with E-state index in [1.165, 1.54) is 0 Å². The summed E-state index contributed by atoms with van der Waals surface area (Å²) in [5, 5.41) is 15.2. The summed E-state index contributed by atoms with van der Waals surface area (Å²) < 4.78 is 1.93. The second-order valence-electron chi connectivity index (χ2n) is 5.05. The van der Waals surface area contributed by atoms with E-state index in [-0.39, 0.29) is 0 Å². The first-order chi connectivity index (χ1) is 7.50. The largest absolute Gasteiger partial charge is 0.308 e. The second-order valence-corrected chi connectivity index (χ2v) is 5.05. The van der Waals surface area contributed by atoms with Crippen molar-refractivity contribution < 1.29 is 0 Å². The van der Waals surface area contributed by atoms with E-state index in [1.807, 2.05) is 4.68 Å². The van der Waals surface area contributed by atoms with Crippen LogP contribution in [0.15, 0.2) is 0 Å². The Balaban J connectivity index is 2.62. The molecule has 0 radical (unpaired) electrons. The average Bonchev–Trinajstić information content (AvgIpc) is 2.61. The van der Waals surface area contributed by atoms with Crippen molar-refractivity contribution in [1.29, 1.82) is 0 Å². The highest BCUT2D eigenvalue weighted by Gasteiger charge is 2.13. The minimum atomic E-state index is 0.360. The lowest BCUT2D eigenvalue weighted by molar-refractivity contribution is 0.375. The Morgan fingerprint density at radius 3 is 2.44 bits per heavy atom. The fourth-order valence-electron chi connectivity index (χ4n) is 1.75. The van der Waals surface area contributed by atoms with Gasteiger partial charge in [0.2, 0.25) is 0 Å². The predicted molar refractivity (Wildman–Crippen MR) is 64.0 cm³/mol. The van der Waals surface area contributed by atoms with Gasteiger partial charge >= 0.3 is 0 Å². The summed E-state index contributed by atoms with van der Waals surface area (Å²) in [6, 6.07) is 0.810. The van der Waals surface area contributed by atoms with Crippen LogP contribution in [0.5, 0.6) is 0 Å². The van der Waals surface area contributed by atoms with Crippen molar-refractivity contribution in [1.82, 2.24) is 25.5 Å². The van der Waals surface area contributed by atoms with E-state index >= 15 is 0 Å². The highest BCUT2D eigenvalue weighted by atomic mass is 15.6. The lowest BCUT2D eigenvalue weighted by Crippen LogP contribution is -2.25. The molecule has 0 bridgehead atoms. The zero-order chi connectivity index (χ0) is 12.1. The third-order valence-electron chi connectivity index (χ3n) is 2.46. The van der Waals surface area contributed by atoms with Gasteiger partial charge in [-0.1, -0.05) is 27.7 Å². The summed E-state index contributed by atoms with van der Waals surface area (Å²) in [5.74, 6) is 1.58. The summed E-state index contributed by atoms with van der Waals surface area (Å²) in [6.45, 7) is 11.6. The molecule has 0 spiro atoms. The molecule has 0 aliphatic heterocycles. The van der Waals surface area contributed by atoms with Crippen LogP contribution in [0, 0.1) is 5.92 Å². The van der Waals surface area contributed by atoms with Crippen LogP contribution in [-0.2, 0) is 6.54 Å². The van der Waals surface area contributed by atoms with Gasteiger partial charge in [0.1, 0.15) is 0 Å². The maximum atomic E-state index is 4.06. The van der Waals surface area contributed by atoms with Gasteiger partial charge in [0.05, 0.1) is 12.6 Å². The topological polar surface area (TPSA) is 55.6 Å².